The van der Waals surface area contributed by atoms with Crippen molar-refractivity contribution in [3.8, 4) is 0 Å². The summed E-state index contributed by atoms with van der Waals surface area (Å²) in [6, 6.07) is 0. The smallest absolute Gasteiger partial charge is 0.221 e. The van der Waals surface area contributed by atoms with Crippen molar-refractivity contribution in [2.24, 2.45) is 0 Å². The number of carbonyl (C=O) groups excluding carboxylic acids is 2. The molecule has 1 N–H and O–H groups in total. The van der Waals surface area contributed by atoms with Gasteiger partial charge in [0.1, 0.15) is 0 Å². The van der Waals surface area contributed by atoms with Crippen LogP contribution in [-0.2, 0) is 9.59 Å². The van der Waals surface area contributed by atoms with E-state index in [0.717, 1.165) is 25.8 Å². The fourth-order valence-corrected chi connectivity index (χ4v) is 1.87. The van der Waals surface area contributed by atoms with Crippen LogP contribution in [0, 0.1) is 0 Å². The molecule has 0 rings (SSSR count). The average molecular weight is 256 g/mol. The van der Waals surface area contributed by atoms with Crippen molar-refractivity contribution in [3.63, 3.8) is 0 Å². The minimum atomic E-state index is -0.228. The monoisotopic (exact) mass is 256 g/mol. The molecule has 106 valence electrons. The van der Waals surface area contributed by atoms with Crippen molar-refractivity contribution in [1.82, 2.24) is 10.2 Å². The Kier molecular flexibility index (Phi) is 7.64. The number of nitrogens with one attached hydrogen (secondary N) is 1. The van der Waals surface area contributed by atoms with Crippen LogP contribution >= 0.6 is 0 Å². The molecular weight excluding hydrogens is 228 g/mol. The van der Waals surface area contributed by atoms with Gasteiger partial charge in [-0.2, -0.15) is 0 Å². The maximum Gasteiger partial charge on any atom is 0.221 e. The van der Waals surface area contributed by atoms with Crippen molar-refractivity contribution in [3.05, 3.63) is 0 Å². The maximum atomic E-state index is 11.6. The van der Waals surface area contributed by atoms with Crippen LogP contribution in [0.3, 0.4) is 0 Å². The molecule has 0 aliphatic rings. The van der Waals surface area contributed by atoms with Crippen LogP contribution < -0.4 is 5.32 Å². The van der Waals surface area contributed by atoms with Gasteiger partial charge in [0.25, 0.3) is 0 Å². The summed E-state index contributed by atoms with van der Waals surface area (Å²) in [4.78, 5) is 24.8. The molecule has 0 atom stereocenters. The molecule has 0 radical (unpaired) electrons. The summed E-state index contributed by atoms with van der Waals surface area (Å²) < 4.78 is 0. The summed E-state index contributed by atoms with van der Waals surface area (Å²) in [6.07, 6.45) is 3.70. The van der Waals surface area contributed by atoms with Crippen LogP contribution in [0.1, 0.15) is 60.3 Å². The highest BCUT2D eigenvalue weighted by atomic mass is 16.2. The molecule has 0 aliphatic heterocycles. The predicted molar refractivity (Wildman–Crippen MR) is 74.3 cm³/mol. The van der Waals surface area contributed by atoms with Gasteiger partial charge >= 0.3 is 0 Å². The molecule has 0 heterocycles. The highest BCUT2D eigenvalue weighted by Gasteiger charge is 2.23. The SMILES string of the molecule is CCCCCNC(=O)CCN(C(C)=O)C(C)(C)C. The zero-order valence-corrected chi connectivity index (χ0v) is 12.5. The zero-order valence-electron chi connectivity index (χ0n) is 12.5. The number of nitrogens with zero attached hydrogens (tertiary/aromatic N) is 1. The molecule has 0 saturated carbocycles. The van der Waals surface area contributed by atoms with Crippen LogP contribution in [0.4, 0.5) is 0 Å². The van der Waals surface area contributed by atoms with E-state index in [1.807, 2.05) is 20.8 Å². The lowest BCUT2D eigenvalue weighted by Crippen LogP contribution is -2.46. The van der Waals surface area contributed by atoms with Crippen LogP contribution in [-0.4, -0.2) is 35.3 Å². The normalized spacial score (nSPS) is 11.2. The highest BCUT2D eigenvalue weighted by molar-refractivity contribution is 5.78. The van der Waals surface area contributed by atoms with E-state index in [1.54, 1.807) is 11.8 Å². The Morgan fingerprint density at radius 3 is 2.22 bits per heavy atom. The van der Waals surface area contributed by atoms with E-state index in [-0.39, 0.29) is 17.4 Å². The van der Waals surface area contributed by atoms with Crippen molar-refractivity contribution < 1.29 is 9.59 Å². The number of unbranched alkanes of at least 4 members (excludes halogenated alkanes) is 2. The standard InChI is InChI=1S/C14H28N2O2/c1-6-7-8-10-15-13(18)9-11-16(12(2)17)14(3,4)5/h6-11H2,1-5H3,(H,15,18). The second kappa shape index (κ2) is 8.11. The summed E-state index contributed by atoms with van der Waals surface area (Å²) in [6.45, 7) is 10.8. The van der Waals surface area contributed by atoms with Crippen LogP contribution in [0.25, 0.3) is 0 Å². The second-order valence-electron chi connectivity index (χ2n) is 5.65. The maximum absolute atomic E-state index is 11.6. The van der Waals surface area contributed by atoms with Gasteiger partial charge in [-0.05, 0) is 27.2 Å². The quantitative estimate of drug-likeness (QED) is 0.711. The summed E-state index contributed by atoms with van der Waals surface area (Å²) in [7, 11) is 0. The Balaban J connectivity index is 3.98. The third-order valence-corrected chi connectivity index (χ3v) is 2.85. The van der Waals surface area contributed by atoms with Gasteiger partial charge in [-0.25, -0.2) is 0 Å². The molecule has 0 unspecified atom stereocenters. The molecule has 0 aliphatic carbocycles. The lowest BCUT2D eigenvalue weighted by atomic mass is 10.1. The van der Waals surface area contributed by atoms with E-state index in [4.69, 9.17) is 0 Å². The minimum absolute atomic E-state index is 0.0151. The molecule has 2 amide bonds. The summed E-state index contributed by atoms with van der Waals surface area (Å²) in [5, 5.41) is 2.89. The van der Waals surface area contributed by atoms with Gasteiger partial charge in [-0.3, -0.25) is 9.59 Å². The van der Waals surface area contributed by atoms with Crippen molar-refractivity contribution >= 4 is 11.8 Å². The Morgan fingerprint density at radius 2 is 1.78 bits per heavy atom. The third-order valence-electron chi connectivity index (χ3n) is 2.85. The number of hydrogen-bond donors (Lipinski definition) is 1. The molecule has 0 aromatic heterocycles. The van der Waals surface area contributed by atoms with Crippen molar-refractivity contribution in [2.45, 2.75) is 65.8 Å². The Hall–Kier alpha value is -1.06. The van der Waals surface area contributed by atoms with Crippen molar-refractivity contribution in [2.75, 3.05) is 13.1 Å². The highest BCUT2D eigenvalue weighted by Crippen LogP contribution is 2.13. The third kappa shape index (κ3) is 7.30. The van der Waals surface area contributed by atoms with Gasteiger partial charge in [-0.15, -0.1) is 0 Å². The average Bonchev–Trinajstić information content (AvgIpc) is 2.22. The van der Waals surface area contributed by atoms with E-state index in [2.05, 4.69) is 12.2 Å². The van der Waals surface area contributed by atoms with E-state index >= 15 is 0 Å². The molecule has 0 spiro atoms. The first-order chi connectivity index (χ1) is 8.29. The lowest BCUT2D eigenvalue weighted by Gasteiger charge is -2.34. The van der Waals surface area contributed by atoms with Crippen LogP contribution in [0.5, 0.6) is 0 Å². The van der Waals surface area contributed by atoms with Gasteiger partial charge in [0.15, 0.2) is 0 Å². The molecule has 0 bridgehead atoms. The first-order valence-corrected chi connectivity index (χ1v) is 6.84. The summed E-state index contributed by atoms with van der Waals surface area (Å²) in [5.74, 6) is 0.0443. The van der Waals surface area contributed by atoms with Crippen molar-refractivity contribution in [1.29, 1.82) is 0 Å². The molecule has 4 nitrogen and oxygen atoms in total. The molecule has 0 saturated heterocycles. The molecule has 0 aromatic carbocycles. The van der Waals surface area contributed by atoms with Gasteiger partial charge < -0.3 is 10.2 Å². The molecule has 18 heavy (non-hydrogen) atoms. The molecule has 0 aromatic rings. The number of rotatable bonds is 7. The lowest BCUT2D eigenvalue weighted by molar-refractivity contribution is -0.134. The Labute approximate surface area is 111 Å². The summed E-state index contributed by atoms with van der Waals surface area (Å²) >= 11 is 0. The Morgan fingerprint density at radius 1 is 1.17 bits per heavy atom. The first-order valence-electron chi connectivity index (χ1n) is 6.84. The molecular formula is C14H28N2O2. The minimum Gasteiger partial charge on any atom is -0.356 e. The van der Waals surface area contributed by atoms with Crippen LogP contribution in [0.15, 0.2) is 0 Å². The first kappa shape index (κ1) is 16.9. The summed E-state index contributed by atoms with van der Waals surface area (Å²) in [5.41, 5.74) is -0.228. The largest absolute Gasteiger partial charge is 0.356 e. The fourth-order valence-electron chi connectivity index (χ4n) is 1.87. The number of carbonyl (C=O) groups is 2. The van der Waals surface area contributed by atoms with Crippen LogP contribution in [0.2, 0.25) is 0 Å². The number of amides is 2. The van der Waals surface area contributed by atoms with E-state index in [9.17, 15) is 9.59 Å². The zero-order chi connectivity index (χ0) is 14.2. The molecule has 4 heteroatoms. The number of hydrogen-bond acceptors (Lipinski definition) is 2. The predicted octanol–water partition coefficient (Wildman–Crippen LogP) is 2.33. The Bertz CT molecular complexity index is 269. The van der Waals surface area contributed by atoms with Gasteiger partial charge in [0.05, 0.1) is 0 Å². The van der Waals surface area contributed by atoms with Gasteiger partial charge in [0.2, 0.25) is 11.8 Å². The second-order valence-corrected chi connectivity index (χ2v) is 5.65. The van der Waals surface area contributed by atoms with Gasteiger partial charge in [0, 0.05) is 32.0 Å². The van der Waals surface area contributed by atoms with E-state index in [1.165, 1.54) is 0 Å². The van der Waals surface area contributed by atoms with E-state index < -0.39 is 0 Å². The van der Waals surface area contributed by atoms with Gasteiger partial charge in [-0.1, -0.05) is 19.8 Å². The topological polar surface area (TPSA) is 49.4 Å². The molecule has 0 fully saturated rings. The fraction of sp³-hybridized carbons (Fsp3) is 0.857. The van der Waals surface area contributed by atoms with E-state index in [0.29, 0.717) is 13.0 Å².